The molecular weight excluding hydrogens is 292 g/mol. The van der Waals surface area contributed by atoms with Crippen molar-refractivity contribution in [2.45, 2.75) is 19.8 Å². The van der Waals surface area contributed by atoms with Gasteiger partial charge in [-0.2, -0.15) is 0 Å². The first kappa shape index (κ1) is 16.5. The van der Waals surface area contributed by atoms with E-state index >= 15 is 0 Å². The summed E-state index contributed by atoms with van der Waals surface area (Å²) < 4.78 is 5.09. The summed E-state index contributed by atoms with van der Waals surface area (Å²) in [5, 5.41) is 7.07. The Kier molecular flexibility index (Phi) is 7.67. The van der Waals surface area contributed by atoms with E-state index in [9.17, 15) is 0 Å². The fourth-order valence-electron chi connectivity index (χ4n) is 1.37. The predicted octanol–water partition coefficient (Wildman–Crippen LogP) is 2.16. The van der Waals surface area contributed by atoms with Crippen molar-refractivity contribution in [1.29, 1.82) is 0 Å². The van der Waals surface area contributed by atoms with Crippen molar-refractivity contribution in [2.24, 2.45) is 0 Å². The highest BCUT2D eigenvalue weighted by Crippen LogP contribution is 2.14. The second kappa shape index (κ2) is 9.33. The van der Waals surface area contributed by atoms with Crippen LogP contribution in [0.15, 0.2) is 24.3 Å². The van der Waals surface area contributed by atoms with Crippen LogP contribution in [0.5, 0.6) is 5.75 Å². The van der Waals surface area contributed by atoms with Crippen LogP contribution in [0, 0.1) is 0 Å². The minimum absolute atomic E-state index is 0.440. The second-order valence-corrected chi connectivity index (χ2v) is 4.86. The zero-order valence-electron chi connectivity index (χ0n) is 11.7. The molecular formula is C13H20N4OS2. The summed E-state index contributed by atoms with van der Waals surface area (Å²) in [6.07, 6.45) is 2.21. The number of thiocarbonyl (C=S) groups is 2. The maximum absolute atomic E-state index is 5.15. The van der Waals surface area contributed by atoms with Gasteiger partial charge >= 0.3 is 0 Å². The summed E-state index contributed by atoms with van der Waals surface area (Å²) >= 11 is 10.2. The van der Waals surface area contributed by atoms with Crippen molar-refractivity contribution in [2.75, 3.05) is 19.0 Å². The van der Waals surface area contributed by atoms with Gasteiger partial charge in [0.2, 0.25) is 0 Å². The van der Waals surface area contributed by atoms with Crippen LogP contribution in [-0.2, 0) is 0 Å². The van der Waals surface area contributed by atoms with Gasteiger partial charge in [0.1, 0.15) is 5.75 Å². The van der Waals surface area contributed by atoms with Crippen LogP contribution in [0.25, 0.3) is 0 Å². The fourth-order valence-corrected chi connectivity index (χ4v) is 1.70. The molecule has 0 radical (unpaired) electrons. The van der Waals surface area contributed by atoms with Crippen molar-refractivity contribution in [3.05, 3.63) is 24.3 Å². The van der Waals surface area contributed by atoms with Gasteiger partial charge in [0.05, 0.1) is 7.11 Å². The van der Waals surface area contributed by atoms with E-state index in [-0.39, 0.29) is 0 Å². The van der Waals surface area contributed by atoms with Crippen LogP contribution < -0.4 is 26.2 Å². The number of hydrogen-bond acceptors (Lipinski definition) is 3. The molecule has 0 aliphatic carbocycles. The number of hydrazine groups is 1. The molecule has 1 rings (SSSR count). The highest BCUT2D eigenvalue weighted by Gasteiger charge is 1.99. The number of anilines is 1. The molecule has 20 heavy (non-hydrogen) atoms. The van der Waals surface area contributed by atoms with Gasteiger partial charge in [0.25, 0.3) is 0 Å². The summed E-state index contributed by atoms with van der Waals surface area (Å²) in [4.78, 5) is 0. The third-order valence-corrected chi connectivity index (χ3v) is 2.90. The van der Waals surface area contributed by atoms with Crippen LogP contribution in [0.2, 0.25) is 0 Å². The molecule has 0 saturated heterocycles. The number of benzene rings is 1. The molecule has 0 amide bonds. The molecule has 0 bridgehead atoms. The van der Waals surface area contributed by atoms with Gasteiger partial charge in [0, 0.05) is 12.2 Å². The molecule has 0 aliphatic heterocycles. The van der Waals surface area contributed by atoms with E-state index < -0.39 is 0 Å². The lowest BCUT2D eigenvalue weighted by molar-refractivity contribution is 0.415. The first-order valence-electron chi connectivity index (χ1n) is 6.40. The minimum Gasteiger partial charge on any atom is -0.497 e. The smallest absolute Gasteiger partial charge is 0.189 e. The Bertz CT molecular complexity index is 437. The van der Waals surface area contributed by atoms with Gasteiger partial charge in [-0.25, -0.2) is 0 Å². The maximum atomic E-state index is 5.15. The van der Waals surface area contributed by atoms with Crippen molar-refractivity contribution in [1.82, 2.24) is 16.2 Å². The Labute approximate surface area is 130 Å². The van der Waals surface area contributed by atoms with Crippen LogP contribution in [0.4, 0.5) is 5.69 Å². The van der Waals surface area contributed by atoms with E-state index in [1.54, 1.807) is 7.11 Å². The molecule has 0 unspecified atom stereocenters. The van der Waals surface area contributed by atoms with Gasteiger partial charge in [-0.1, -0.05) is 13.3 Å². The van der Waals surface area contributed by atoms with Gasteiger partial charge < -0.3 is 15.4 Å². The fraction of sp³-hybridized carbons (Fsp3) is 0.385. The lowest BCUT2D eigenvalue weighted by atomic mass is 10.3. The average molecular weight is 312 g/mol. The molecule has 4 N–H and O–H groups in total. The van der Waals surface area contributed by atoms with E-state index in [0.29, 0.717) is 10.2 Å². The molecule has 7 heteroatoms. The van der Waals surface area contributed by atoms with Crippen molar-refractivity contribution in [3.8, 4) is 5.75 Å². The highest BCUT2D eigenvalue weighted by atomic mass is 32.1. The molecule has 0 aromatic heterocycles. The number of ether oxygens (including phenoxy) is 1. The molecule has 1 aromatic rings. The van der Waals surface area contributed by atoms with Crippen molar-refractivity contribution in [3.63, 3.8) is 0 Å². The highest BCUT2D eigenvalue weighted by molar-refractivity contribution is 7.80. The van der Waals surface area contributed by atoms with Gasteiger partial charge in [-0.05, 0) is 55.1 Å². The average Bonchev–Trinajstić information content (AvgIpc) is 2.46. The van der Waals surface area contributed by atoms with Crippen LogP contribution in [0.3, 0.4) is 0 Å². The van der Waals surface area contributed by atoms with Crippen LogP contribution in [-0.4, -0.2) is 23.9 Å². The predicted molar refractivity (Wildman–Crippen MR) is 91.0 cm³/mol. The monoisotopic (exact) mass is 312 g/mol. The lowest BCUT2D eigenvalue weighted by Crippen LogP contribution is -2.48. The van der Waals surface area contributed by atoms with Crippen LogP contribution in [0.1, 0.15) is 19.8 Å². The molecule has 110 valence electrons. The van der Waals surface area contributed by atoms with E-state index in [2.05, 4.69) is 28.4 Å². The topological polar surface area (TPSA) is 57.3 Å². The second-order valence-electron chi connectivity index (χ2n) is 4.04. The Balaban J connectivity index is 2.27. The summed E-state index contributed by atoms with van der Waals surface area (Å²) in [6, 6.07) is 7.47. The van der Waals surface area contributed by atoms with E-state index in [1.165, 1.54) is 0 Å². The summed E-state index contributed by atoms with van der Waals surface area (Å²) in [6.45, 7) is 2.98. The SMILES string of the molecule is CCCCNC(=S)NNC(=S)Nc1ccc(OC)cc1. The summed E-state index contributed by atoms with van der Waals surface area (Å²) in [5.41, 5.74) is 6.52. The maximum Gasteiger partial charge on any atom is 0.189 e. The van der Waals surface area contributed by atoms with Crippen molar-refractivity contribution < 1.29 is 4.74 Å². The number of nitrogens with one attached hydrogen (secondary N) is 4. The van der Waals surface area contributed by atoms with Crippen LogP contribution >= 0.6 is 24.4 Å². The summed E-state index contributed by atoms with van der Waals surface area (Å²) in [5.74, 6) is 0.800. The quantitative estimate of drug-likeness (QED) is 0.378. The Hall–Kier alpha value is -1.60. The molecule has 0 saturated carbocycles. The first-order chi connectivity index (χ1) is 9.65. The zero-order chi connectivity index (χ0) is 14.8. The van der Waals surface area contributed by atoms with Gasteiger partial charge in [0.15, 0.2) is 10.2 Å². The number of methoxy groups -OCH3 is 1. The minimum atomic E-state index is 0.440. The molecule has 0 spiro atoms. The van der Waals surface area contributed by atoms with Gasteiger partial charge in [-0.3, -0.25) is 10.9 Å². The Morgan fingerprint density at radius 3 is 2.35 bits per heavy atom. The molecule has 0 fully saturated rings. The van der Waals surface area contributed by atoms with E-state index in [0.717, 1.165) is 30.8 Å². The molecule has 0 heterocycles. The lowest BCUT2D eigenvalue weighted by Gasteiger charge is -2.14. The molecule has 0 atom stereocenters. The first-order valence-corrected chi connectivity index (χ1v) is 7.22. The number of hydrogen-bond donors (Lipinski definition) is 4. The number of rotatable bonds is 5. The normalized spacial score (nSPS) is 9.50. The Morgan fingerprint density at radius 2 is 1.75 bits per heavy atom. The zero-order valence-corrected chi connectivity index (χ0v) is 13.3. The summed E-state index contributed by atoms with van der Waals surface area (Å²) in [7, 11) is 1.63. The molecule has 5 nitrogen and oxygen atoms in total. The molecule has 1 aromatic carbocycles. The van der Waals surface area contributed by atoms with Gasteiger partial charge in [-0.15, -0.1) is 0 Å². The Morgan fingerprint density at radius 1 is 1.10 bits per heavy atom. The third kappa shape index (κ3) is 6.53. The third-order valence-electron chi connectivity index (χ3n) is 2.45. The number of unbranched alkanes of at least 4 members (excludes halogenated alkanes) is 1. The van der Waals surface area contributed by atoms with E-state index in [4.69, 9.17) is 29.2 Å². The van der Waals surface area contributed by atoms with E-state index in [1.807, 2.05) is 24.3 Å². The molecule has 0 aliphatic rings. The standard InChI is InChI=1S/C13H20N4OS2/c1-3-4-9-14-12(19)16-17-13(20)15-10-5-7-11(18-2)8-6-10/h5-8H,3-4,9H2,1-2H3,(H2,14,16,19)(H2,15,17,20). The largest absolute Gasteiger partial charge is 0.497 e. The van der Waals surface area contributed by atoms with Crippen molar-refractivity contribution >= 4 is 40.3 Å².